The number of carbonyl (C=O) groups excluding carboxylic acids is 3. The van der Waals surface area contributed by atoms with E-state index in [2.05, 4.69) is 0 Å². The van der Waals surface area contributed by atoms with Crippen molar-refractivity contribution >= 4 is 23.5 Å². The molecule has 0 aromatic heterocycles. The fourth-order valence-electron chi connectivity index (χ4n) is 3.28. The molecule has 1 aliphatic carbocycles. The Morgan fingerprint density at radius 2 is 1.72 bits per heavy atom. The van der Waals surface area contributed by atoms with E-state index in [9.17, 15) is 14.4 Å². The van der Waals surface area contributed by atoms with Gasteiger partial charge in [-0.3, -0.25) is 4.79 Å². The molecule has 0 saturated carbocycles. The average Bonchev–Trinajstić information content (AvgIpc) is 3.33. The number of epoxide rings is 1. The standard InChI is InChI=1S/C18H19NO6/c1-19(11-7-5-4-6-8-11)15(20)12-9-18(10-25-18)14(17(22)24-3)13(12)16(21)23-2/h4-8,12H,9-10H2,1-3H3/t12-,18+/m1/s1. The first-order valence-corrected chi connectivity index (χ1v) is 7.83. The second-order valence-electron chi connectivity index (χ2n) is 6.04. The molecule has 7 heteroatoms. The molecule has 132 valence electrons. The van der Waals surface area contributed by atoms with Gasteiger partial charge in [0.25, 0.3) is 0 Å². The molecule has 2 aliphatic rings. The lowest BCUT2D eigenvalue weighted by molar-refractivity contribution is -0.140. The topological polar surface area (TPSA) is 85.4 Å². The molecule has 0 unspecified atom stereocenters. The number of hydrogen-bond acceptors (Lipinski definition) is 6. The second kappa shape index (κ2) is 6.33. The van der Waals surface area contributed by atoms with Crippen LogP contribution < -0.4 is 4.90 Å². The normalized spacial score (nSPS) is 24.2. The fourth-order valence-corrected chi connectivity index (χ4v) is 3.28. The average molecular weight is 345 g/mol. The minimum atomic E-state index is -0.922. The summed E-state index contributed by atoms with van der Waals surface area (Å²) in [7, 11) is 4.07. The van der Waals surface area contributed by atoms with Crippen molar-refractivity contribution < 1.29 is 28.6 Å². The highest BCUT2D eigenvalue weighted by Crippen LogP contribution is 2.51. The summed E-state index contributed by atoms with van der Waals surface area (Å²) in [4.78, 5) is 39.0. The molecule has 1 spiro atoms. The minimum Gasteiger partial charge on any atom is -0.466 e. The number of methoxy groups -OCH3 is 2. The van der Waals surface area contributed by atoms with Gasteiger partial charge in [0.05, 0.1) is 37.9 Å². The van der Waals surface area contributed by atoms with Gasteiger partial charge in [0.15, 0.2) is 0 Å². The summed E-state index contributed by atoms with van der Waals surface area (Å²) < 4.78 is 15.1. The number of para-hydroxylation sites is 1. The maximum atomic E-state index is 13.0. The zero-order valence-corrected chi connectivity index (χ0v) is 14.3. The van der Waals surface area contributed by atoms with Gasteiger partial charge in [0, 0.05) is 12.7 Å². The molecule has 1 aliphatic heterocycles. The smallest absolute Gasteiger partial charge is 0.337 e. The van der Waals surface area contributed by atoms with E-state index in [0.717, 1.165) is 0 Å². The first-order chi connectivity index (χ1) is 11.9. The number of esters is 2. The molecular weight excluding hydrogens is 326 g/mol. The van der Waals surface area contributed by atoms with Gasteiger partial charge < -0.3 is 19.1 Å². The van der Waals surface area contributed by atoms with E-state index in [1.54, 1.807) is 19.2 Å². The molecule has 0 radical (unpaired) electrons. The van der Waals surface area contributed by atoms with E-state index >= 15 is 0 Å². The Kier molecular flexibility index (Phi) is 4.34. The van der Waals surface area contributed by atoms with Gasteiger partial charge in [-0.05, 0) is 18.6 Å². The summed E-state index contributed by atoms with van der Waals surface area (Å²) in [6, 6.07) is 9.06. The third kappa shape index (κ3) is 2.80. The lowest BCUT2D eigenvalue weighted by Gasteiger charge is -2.22. The molecule has 1 aromatic carbocycles. The first-order valence-electron chi connectivity index (χ1n) is 7.83. The molecule has 1 amide bonds. The Bertz CT molecular complexity index is 750. The van der Waals surface area contributed by atoms with Gasteiger partial charge in [0.1, 0.15) is 5.60 Å². The van der Waals surface area contributed by atoms with Crippen molar-refractivity contribution in [2.75, 3.05) is 32.8 Å². The van der Waals surface area contributed by atoms with Crippen molar-refractivity contribution in [1.29, 1.82) is 0 Å². The Balaban J connectivity index is 2.00. The quantitative estimate of drug-likeness (QED) is 0.600. The van der Waals surface area contributed by atoms with Gasteiger partial charge in [-0.1, -0.05) is 18.2 Å². The largest absolute Gasteiger partial charge is 0.466 e. The SMILES string of the molecule is COC(=O)C1=C(C(=O)OC)[C@@]2(CO2)C[C@H]1C(=O)N(C)c1ccccc1. The van der Waals surface area contributed by atoms with Crippen LogP contribution in [-0.2, 0) is 28.6 Å². The maximum absolute atomic E-state index is 13.0. The van der Waals surface area contributed by atoms with Crippen LogP contribution in [-0.4, -0.2) is 51.3 Å². The maximum Gasteiger partial charge on any atom is 0.337 e. The number of nitrogens with zero attached hydrogens (tertiary/aromatic N) is 1. The molecule has 1 heterocycles. The van der Waals surface area contributed by atoms with E-state index in [4.69, 9.17) is 14.2 Å². The number of hydrogen-bond donors (Lipinski definition) is 0. The Morgan fingerprint density at radius 3 is 2.24 bits per heavy atom. The van der Waals surface area contributed by atoms with Crippen LogP contribution in [0.4, 0.5) is 5.69 Å². The van der Waals surface area contributed by atoms with Crippen molar-refractivity contribution in [3.05, 3.63) is 41.5 Å². The third-order valence-electron chi connectivity index (χ3n) is 4.67. The molecule has 0 N–H and O–H groups in total. The predicted molar refractivity (Wildman–Crippen MR) is 87.7 cm³/mol. The Morgan fingerprint density at radius 1 is 1.12 bits per heavy atom. The third-order valence-corrected chi connectivity index (χ3v) is 4.67. The molecule has 1 saturated heterocycles. The highest BCUT2D eigenvalue weighted by molar-refractivity contribution is 6.10. The fraction of sp³-hybridized carbons (Fsp3) is 0.389. The molecule has 1 fully saturated rings. The summed E-state index contributed by atoms with van der Waals surface area (Å²) >= 11 is 0. The van der Waals surface area contributed by atoms with Crippen LogP contribution in [0, 0.1) is 5.92 Å². The van der Waals surface area contributed by atoms with Crippen molar-refractivity contribution in [3.63, 3.8) is 0 Å². The van der Waals surface area contributed by atoms with Crippen LogP contribution in [0.5, 0.6) is 0 Å². The van der Waals surface area contributed by atoms with Crippen LogP contribution in [0.15, 0.2) is 41.5 Å². The van der Waals surface area contributed by atoms with Gasteiger partial charge >= 0.3 is 11.9 Å². The second-order valence-corrected chi connectivity index (χ2v) is 6.04. The Hall–Kier alpha value is -2.67. The molecule has 25 heavy (non-hydrogen) atoms. The summed E-state index contributed by atoms with van der Waals surface area (Å²) in [5.74, 6) is -2.52. The monoisotopic (exact) mass is 345 g/mol. The predicted octanol–water partition coefficient (Wildman–Crippen LogP) is 1.08. The number of benzene rings is 1. The van der Waals surface area contributed by atoms with Crippen molar-refractivity contribution in [2.45, 2.75) is 12.0 Å². The lowest BCUT2D eigenvalue weighted by atomic mass is 9.97. The minimum absolute atomic E-state index is 0.0274. The number of ether oxygens (including phenoxy) is 3. The summed E-state index contributed by atoms with van der Waals surface area (Å²) in [6.07, 6.45) is 0.220. The number of carbonyl (C=O) groups is 3. The zero-order valence-electron chi connectivity index (χ0n) is 14.3. The van der Waals surface area contributed by atoms with Crippen LogP contribution in [0.25, 0.3) is 0 Å². The van der Waals surface area contributed by atoms with Gasteiger partial charge in [-0.2, -0.15) is 0 Å². The summed E-state index contributed by atoms with van der Waals surface area (Å²) in [5, 5.41) is 0. The number of amides is 1. The molecular formula is C18H19NO6. The molecule has 1 aromatic rings. The first kappa shape index (κ1) is 17.2. The van der Waals surface area contributed by atoms with E-state index in [-0.39, 0.29) is 30.1 Å². The zero-order chi connectivity index (χ0) is 18.2. The summed E-state index contributed by atoms with van der Waals surface area (Å²) in [5.41, 5.74) is -0.107. The number of rotatable bonds is 4. The molecule has 3 rings (SSSR count). The van der Waals surface area contributed by atoms with Gasteiger partial charge in [-0.25, -0.2) is 9.59 Å². The highest BCUT2D eigenvalue weighted by atomic mass is 16.6. The van der Waals surface area contributed by atoms with E-state index in [0.29, 0.717) is 5.69 Å². The van der Waals surface area contributed by atoms with E-state index in [1.807, 2.05) is 18.2 Å². The lowest BCUT2D eigenvalue weighted by Crippen LogP contribution is -2.35. The molecule has 0 bridgehead atoms. The summed E-state index contributed by atoms with van der Waals surface area (Å²) in [6.45, 7) is 0.275. The van der Waals surface area contributed by atoms with Crippen LogP contribution in [0.2, 0.25) is 0 Å². The Labute approximate surface area is 145 Å². The number of anilines is 1. The van der Waals surface area contributed by atoms with Crippen LogP contribution in [0.3, 0.4) is 0 Å². The van der Waals surface area contributed by atoms with Crippen LogP contribution in [0.1, 0.15) is 6.42 Å². The van der Waals surface area contributed by atoms with Crippen LogP contribution >= 0.6 is 0 Å². The highest BCUT2D eigenvalue weighted by Gasteiger charge is 2.62. The van der Waals surface area contributed by atoms with Crippen molar-refractivity contribution in [1.82, 2.24) is 0 Å². The van der Waals surface area contributed by atoms with Gasteiger partial charge in [-0.15, -0.1) is 0 Å². The molecule has 2 atom stereocenters. The van der Waals surface area contributed by atoms with Gasteiger partial charge in [0.2, 0.25) is 5.91 Å². The van der Waals surface area contributed by atoms with E-state index in [1.165, 1.54) is 19.1 Å². The molecule has 7 nitrogen and oxygen atoms in total. The van der Waals surface area contributed by atoms with Crippen molar-refractivity contribution in [2.24, 2.45) is 5.92 Å². The van der Waals surface area contributed by atoms with Crippen molar-refractivity contribution in [3.8, 4) is 0 Å². The van der Waals surface area contributed by atoms with E-state index < -0.39 is 23.5 Å².